The van der Waals surface area contributed by atoms with Gasteiger partial charge in [-0.3, -0.25) is 4.79 Å². The van der Waals surface area contributed by atoms with Gasteiger partial charge in [-0.25, -0.2) is 8.42 Å². The molecule has 2 aliphatic rings. The average molecular weight is 352 g/mol. The standard InChI is InChI=1S/C17H24N2O4S/c1-14-13-18(11-12-23-14)17(20)16-9-5-6-10-19(16)24(21,22)15-7-3-2-4-8-15/h2-4,7-8,14,16H,5-6,9-13H2,1H3. The van der Waals surface area contributed by atoms with E-state index in [1.807, 2.05) is 6.92 Å². The second-order valence-electron chi connectivity index (χ2n) is 6.41. The molecule has 0 radical (unpaired) electrons. The molecule has 3 rings (SSSR count). The van der Waals surface area contributed by atoms with Gasteiger partial charge in [-0.2, -0.15) is 4.31 Å². The lowest BCUT2D eigenvalue weighted by Gasteiger charge is -2.39. The van der Waals surface area contributed by atoms with Crippen molar-refractivity contribution in [3.63, 3.8) is 0 Å². The summed E-state index contributed by atoms with van der Waals surface area (Å²) in [4.78, 5) is 14.9. The molecule has 0 bridgehead atoms. The number of carbonyl (C=O) groups excluding carboxylic acids is 1. The monoisotopic (exact) mass is 352 g/mol. The Hall–Kier alpha value is -1.44. The molecule has 0 aromatic heterocycles. The molecular weight excluding hydrogens is 328 g/mol. The molecular formula is C17H24N2O4S. The Morgan fingerprint density at radius 3 is 2.62 bits per heavy atom. The van der Waals surface area contributed by atoms with E-state index in [9.17, 15) is 13.2 Å². The van der Waals surface area contributed by atoms with Crippen LogP contribution >= 0.6 is 0 Å². The zero-order valence-corrected chi connectivity index (χ0v) is 14.7. The third-order valence-corrected chi connectivity index (χ3v) is 6.56. The molecule has 7 heteroatoms. The Labute approximate surface area is 143 Å². The van der Waals surface area contributed by atoms with Gasteiger partial charge in [0.25, 0.3) is 0 Å². The highest BCUT2D eigenvalue weighted by Gasteiger charge is 2.40. The molecule has 0 saturated carbocycles. The van der Waals surface area contributed by atoms with Gasteiger partial charge in [0.05, 0.1) is 17.6 Å². The molecule has 2 atom stereocenters. The number of rotatable bonds is 3. The summed E-state index contributed by atoms with van der Waals surface area (Å²) in [6.45, 7) is 3.88. The van der Waals surface area contributed by atoms with Crippen LogP contribution in [0.2, 0.25) is 0 Å². The van der Waals surface area contributed by atoms with E-state index in [-0.39, 0.29) is 16.9 Å². The first-order chi connectivity index (χ1) is 11.5. The molecule has 0 aliphatic carbocycles. The highest BCUT2D eigenvalue weighted by molar-refractivity contribution is 7.89. The lowest BCUT2D eigenvalue weighted by Crippen LogP contribution is -2.56. The van der Waals surface area contributed by atoms with Crippen LogP contribution in [-0.2, 0) is 19.6 Å². The van der Waals surface area contributed by atoms with Gasteiger partial charge in [0, 0.05) is 19.6 Å². The third-order valence-electron chi connectivity index (χ3n) is 4.64. The number of piperidine rings is 1. The maximum absolute atomic E-state index is 13.0. The largest absolute Gasteiger partial charge is 0.375 e. The van der Waals surface area contributed by atoms with Crippen LogP contribution in [-0.4, -0.2) is 61.9 Å². The number of sulfonamides is 1. The van der Waals surface area contributed by atoms with Crippen molar-refractivity contribution in [2.24, 2.45) is 0 Å². The molecule has 1 aromatic carbocycles. The van der Waals surface area contributed by atoms with Gasteiger partial charge >= 0.3 is 0 Å². The van der Waals surface area contributed by atoms with Crippen molar-refractivity contribution >= 4 is 15.9 Å². The number of amides is 1. The summed E-state index contributed by atoms with van der Waals surface area (Å²) < 4.78 is 32.8. The summed E-state index contributed by atoms with van der Waals surface area (Å²) in [7, 11) is -3.65. The molecule has 2 heterocycles. The fourth-order valence-electron chi connectivity index (χ4n) is 3.40. The van der Waals surface area contributed by atoms with Gasteiger partial charge < -0.3 is 9.64 Å². The second-order valence-corrected chi connectivity index (χ2v) is 8.30. The molecule has 132 valence electrons. The highest BCUT2D eigenvalue weighted by atomic mass is 32.2. The van der Waals surface area contributed by atoms with Crippen LogP contribution in [0.25, 0.3) is 0 Å². The number of morpholine rings is 1. The van der Waals surface area contributed by atoms with Gasteiger partial charge in [-0.15, -0.1) is 0 Å². The molecule has 2 aliphatic heterocycles. The quantitative estimate of drug-likeness (QED) is 0.826. The first-order valence-electron chi connectivity index (χ1n) is 8.47. The fourth-order valence-corrected chi connectivity index (χ4v) is 5.07. The molecule has 0 spiro atoms. The van der Waals surface area contributed by atoms with E-state index >= 15 is 0 Å². The lowest BCUT2D eigenvalue weighted by atomic mass is 10.0. The van der Waals surface area contributed by atoms with Crippen LogP contribution < -0.4 is 0 Å². The maximum atomic E-state index is 13.0. The van der Waals surface area contributed by atoms with Crippen LogP contribution in [0.15, 0.2) is 35.2 Å². The fraction of sp³-hybridized carbons (Fsp3) is 0.588. The molecule has 0 N–H and O–H groups in total. The number of hydrogen-bond acceptors (Lipinski definition) is 4. The Kier molecular flexibility index (Phi) is 5.22. The summed E-state index contributed by atoms with van der Waals surface area (Å²) in [5.74, 6) is -0.0932. The van der Waals surface area contributed by atoms with Crippen molar-refractivity contribution in [3.05, 3.63) is 30.3 Å². The third kappa shape index (κ3) is 3.48. The van der Waals surface area contributed by atoms with Crippen LogP contribution in [0.1, 0.15) is 26.2 Å². The minimum absolute atomic E-state index is 0.00882. The number of benzene rings is 1. The molecule has 2 unspecified atom stereocenters. The second kappa shape index (κ2) is 7.21. The zero-order valence-electron chi connectivity index (χ0n) is 13.9. The van der Waals surface area contributed by atoms with Crippen molar-refractivity contribution in [1.82, 2.24) is 9.21 Å². The van der Waals surface area contributed by atoms with Crippen LogP contribution in [0.5, 0.6) is 0 Å². The maximum Gasteiger partial charge on any atom is 0.243 e. The van der Waals surface area contributed by atoms with E-state index in [1.165, 1.54) is 4.31 Å². The van der Waals surface area contributed by atoms with Crippen molar-refractivity contribution in [1.29, 1.82) is 0 Å². The normalized spacial score (nSPS) is 26.3. The van der Waals surface area contributed by atoms with Crippen LogP contribution in [0.4, 0.5) is 0 Å². The Balaban J connectivity index is 1.84. The van der Waals surface area contributed by atoms with Gasteiger partial charge in [-0.1, -0.05) is 24.6 Å². The van der Waals surface area contributed by atoms with Gasteiger partial charge in [-0.05, 0) is 31.9 Å². The van der Waals surface area contributed by atoms with Gasteiger partial charge in [0.15, 0.2) is 0 Å². The first-order valence-corrected chi connectivity index (χ1v) is 9.91. The van der Waals surface area contributed by atoms with E-state index in [4.69, 9.17) is 4.74 Å². The number of nitrogens with zero attached hydrogens (tertiary/aromatic N) is 2. The van der Waals surface area contributed by atoms with Crippen LogP contribution in [0, 0.1) is 0 Å². The van der Waals surface area contributed by atoms with E-state index in [0.29, 0.717) is 32.7 Å². The summed E-state index contributed by atoms with van der Waals surface area (Å²) >= 11 is 0. The summed E-state index contributed by atoms with van der Waals surface area (Å²) in [5, 5.41) is 0. The summed E-state index contributed by atoms with van der Waals surface area (Å²) in [5.41, 5.74) is 0. The topological polar surface area (TPSA) is 66.9 Å². The minimum atomic E-state index is -3.65. The Morgan fingerprint density at radius 1 is 1.17 bits per heavy atom. The van der Waals surface area contributed by atoms with E-state index in [0.717, 1.165) is 12.8 Å². The Morgan fingerprint density at radius 2 is 1.92 bits per heavy atom. The van der Waals surface area contributed by atoms with Crippen molar-refractivity contribution in [3.8, 4) is 0 Å². The summed E-state index contributed by atoms with van der Waals surface area (Å²) in [6, 6.07) is 7.76. The minimum Gasteiger partial charge on any atom is -0.375 e. The molecule has 1 amide bonds. The molecule has 1 aromatic rings. The highest BCUT2D eigenvalue weighted by Crippen LogP contribution is 2.27. The number of carbonyl (C=O) groups is 1. The van der Waals surface area contributed by atoms with Crippen LogP contribution in [0.3, 0.4) is 0 Å². The van der Waals surface area contributed by atoms with E-state index in [2.05, 4.69) is 0 Å². The van der Waals surface area contributed by atoms with Crippen molar-refractivity contribution in [2.45, 2.75) is 43.2 Å². The first kappa shape index (κ1) is 17.4. The predicted molar refractivity (Wildman–Crippen MR) is 90.0 cm³/mol. The predicted octanol–water partition coefficient (Wildman–Crippen LogP) is 1.48. The Bertz CT molecular complexity index is 677. The van der Waals surface area contributed by atoms with Crippen molar-refractivity contribution in [2.75, 3.05) is 26.2 Å². The molecule has 2 saturated heterocycles. The average Bonchev–Trinajstić information content (AvgIpc) is 2.62. The SMILES string of the molecule is CC1CN(C(=O)C2CCCCN2S(=O)(=O)c2ccccc2)CCO1. The van der Waals surface area contributed by atoms with Gasteiger partial charge in [0.1, 0.15) is 6.04 Å². The lowest BCUT2D eigenvalue weighted by molar-refractivity contribution is -0.143. The van der Waals surface area contributed by atoms with Crippen molar-refractivity contribution < 1.29 is 17.9 Å². The summed E-state index contributed by atoms with van der Waals surface area (Å²) in [6.07, 6.45) is 2.23. The zero-order chi connectivity index (χ0) is 17.2. The van der Waals surface area contributed by atoms with E-state index in [1.54, 1.807) is 35.2 Å². The molecule has 6 nitrogen and oxygen atoms in total. The molecule has 2 fully saturated rings. The number of hydrogen-bond donors (Lipinski definition) is 0. The van der Waals surface area contributed by atoms with Gasteiger partial charge in [0.2, 0.25) is 15.9 Å². The molecule has 24 heavy (non-hydrogen) atoms. The van der Waals surface area contributed by atoms with E-state index < -0.39 is 16.1 Å². The number of ether oxygens (including phenoxy) is 1. The smallest absolute Gasteiger partial charge is 0.243 e.